The van der Waals surface area contributed by atoms with Crippen molar-refractivity contribution < 1.29 is 4.52 Å². The summed E-state index contributed by atoms with van der Waals surface area (Å²) in [6, 6.07) is 16.5. The maximum absolute atomic E-state index is 5.34. The van der Waals surface area contributed by atoms with Crippen LogP contribution in [0, 0.1) is 5.92 Å². The molecule has 7 nitrogen and oxygen atoms in total. The summed E-state index contributed by atoms with van der Waals surface area (Å²) in [6.07, 6.45) is 3.48. The third-order valence-corrected chi connectivity index (χ3v) is 5.72. The zero-order chi connectivity index (χ0) is 21.5. The van der Waals surface area contributed by atoms with E-state index in [2.05, 4.69) is 69.5 Å². The van der Waals surface area contributed by atoms with Crippen LogP contribution in [0.25, 0.3) is 11.6 Å². The van der Waals surface area contributed by atoms with Crippen LogP contribution >= 0.6 is 0 Å². The lowest BCUT2D eigenvalue weighted by atomic mass is 9.82. The molecule has 3 aromatic rings. The Bertz CT molecular complexity index is 972. The Hall–Kier alpha value is -3.22. The van der Waals surface area contributed by atoms with Crippen LogP contribution in [0.1, 0.15) is 37.6 Å². The van der Waals surface area contributed by atoms with Crippen molar-refractivity contribution in [1.29, 1.82) is 0 Å². The summed E-state index contributed by atoms with van der Waals surface area (Å²) in [5, 5.41) is 7.52. The van der Waals surface area contributed by atoms with Gasteiger partial charge in [0.15, 0.2) is 11.8 Å². The second-order valence-electron chi connectivity index (χ2n) is 7.95. The maximum Gasteiger partial charge on any atom is 0.276 e. The molecular formula is C24H30N6O. The minimum absolute atomic E-state index is 0.447. The van der Waals surface area contributed by atoms with E-state index < -0.39 is 0 Å². The molecule has 3 heterocycles. The SMILES string of the molecule is CCNC(=NCCc1noc(-c2ccccn2)n1)N1CCC(c2ccccc2)C(C)C1. The second-order valence-corrected chi connectivity index (χ2v) is 7.95. The molecule has 162 valence electrons. The van der Waals surface area contributed by atoms with Crippen LogP contribution in [-0.2, 0) is 6.42 Å². The number of guanidine groups is 1. The van der Waals surface area contributed by atoms with E-state index in [0.717, 1.165) is 32.0 Å². The van der Waals surface area contributed by atoms with E-state index in [-0.39, 0.29) is 0 Å². The van der Waals surface area contributed by atoms with Crippen LogP contribution in [0.15, 0.2) is 64.2 Å². The minimum Gasteiger partial charge on any atom is -0.357 e. The fraction of sp³-hybridized carbons (Fsp3) is 0.417. The van der Waals surface area contributed by atoms with Crippen molar-refractivity contribution in [1.82, 2.24) is 25.3 Å². The van der Waals surface area contributed by atoms with Crippen molar-refractivity contribution in [2.45, 2.75) is 32.6 Å². The number of benzene rings is 1. The normalized spacial score (nSPS) is 19.4. The average Bonchev–Trinajstić information content (AvgIpc) is 3.29. The summed E-state index contributed by atoms with van der Waals surface area (Å²) in [4.78, 5) is 15.9. The molecular weight excluding hydrogens is 388 g/mol. The number of aliphatic imine (C=N–C) groups is 1. The third kappa shape index (κ3) is 5.29. The molecule has 7 heteroatoms. The summed E-state index contributed by atoms with van der Waals surface area (Å²) in [5.41, 5.74) is 2.13. The highest BCUT2D eigenvalue weighted by molar-refractivity contribution is 5.80. The van der Waals surface area contributed by atoms with Crippen molar-refractivity contribution >= 4 is 5.96 Å². The monoisotopic (exact) mass is 418 g/mol. The van der Waals surface area contributed by atoms with Gasteiger partial charge in [-0.1, -0.05) is 48.5 Å². The zero-order valence-corrected chi connectivity index (χ0v) is 18.2. The highest BCUT2D eigenvalue weighted by Gasteiger charge is 2.28. The minimum atomic E-state index is 0.447. The Morgan fingerprint density at radius 1 is 1.19 bits per heavy atom. The molecule has 4 rings (SSSR count). The first-order valence-corrected chi connectivity index (χ1v) is 11.1. The molecule has 1 aromatic carbocycles. The van der Waals surface area contributed by atoms with Crippen molar-refractivity contribution in [3.8, 4) is 11.6 Å². The Balaban J connectivity index is 1.36. The maximum atomic E-state index is 5.34. The van der Waals surface area contributed by atoms with Gasteiger partial charge in [-0.3, -0.25) is 9.98 Å². The second kappa shape index (κ2) is 10.2. The van der Waals surface area contributed by atoms with Gasteiger partial charge in [-0.2, -0.15) is 4.98 Å². The van der Waals surface area contributed by atoms with Crippen LogP contribution in [-0.4, -0.2) is 52.2 Å². The van der Waals surface area contributed by atoms with Crippen molar-refractivity contribution in [3.63, 3.8) is 0 Å². The molecule has 31 heavy (non-hydrogen) atoms. The lowest BCUT2D eigenvalue weighted by Crippen LogP contribution is -2.48. The predicted molar refractivity (Wildman–Crippen MR) is 122 cm³/mol. The third-order valence-electron chi connectivity index (χ3n) is 5.72. The topological polar surface area (TPSA) is 79.4 Å². The molecule has 2 aromatic heterocycles. The van der Waals surface area contributed by atoms with Gasteiger partial charge >= 0.3 is 0 Å². The van der Waals surface area contributed by atoms with E-state index in [0.29, 0.717) is 42.2 Å². The van der Waals surface area contributed by atoms with E-state index in [1.807, 2.05) is 18.2 Å². The molecule has 0 bridgehead atoms. The van der Waals surface area contributed by atoms with Gasteiger partial charge in [-0.15, -0.1) is 0 Å². The van der Waals surface area contributed by atoms with Gasteiger partial charge in [0.2, 0.25) is 0 Å². The summed E-state index contributed by atoms with van der Waals surface area (Å²) in [5.74, 6) is 3.23. The molecule has 0 amide bonds. The van der Waals surface area contributed by atoms with Crippen LogP contribution in [0.3, 0.4) is 0 Å². The molecule has 1 saturated heterocycles. The van der Waals surface area contributed by atoms with E-state index in [1.165, 1.54) is 5.56 Å². The molecule has 1 aliphatic rings. The standard InChI is InChI=1S/C24H30N6O/c1-3-25-24(30-16-13-20(18(2)17-30)19-9-5-4-6-10-19)27-15-12-22-28-23(31-29-22)21-11-7-8-14-26-21/h4-11,14,18,20H,3,12-13,15-17H2,1-2H3,(H,25,27). The smallest absolute Gasteiger partial charge is 0.276 e. The fourth-order valence-electron chi connectivity index (χ4n) is 4.17. The van der Waals surface area contributed by atoms with Gasteiger partial charge in [-0.05, 0) is 42.9 Å². The number of piperidine rings is 1. The highest BCUT2D eigenvalue weighted by atomic mass is 16.5. The molecule has 1 N–H and O–H groups in total. The molecule has 1 fully saturated rings. The highest BCUT2D eigenvalue weighted by Crippen LogP contribution is 2.32. The molecule has 0 saturated carbocycles. The summed E-state index contributed by atoms with van der Waals surface area (Å²) >= 11 is 0. The number of nitrogens with zero attached hydrogens (tertiary/aromatic N) is 5. The Morgan fingerprint density at radius 3 is 2.77 bits per heavy atom. The van der Waals surface area contributed by atoms with Crippen LogP contribution in [0.5, 0.6) is 0 Å². The van der Waals surface area contributed by atoms with Gasteiger partial charge < -0.3 is 14.7 Å². The largest absolute Gasteiger partial charge is 0.357 e. The molecule has 0 spiro atoms. The first kappa shape index (κ1) is 21.0. The van der Waals surface area contributed by atoms with Crippen LogP contribution in [0.4, 0.5) is 0 Å². The van der Waals surface area contributed by atoms with Crippen molar-refractivity contribution in [3.05, 3.63) is 66.1 Å². The summed E-state index contributed by atoms with van der Waals surface area (Å²) < 4.78 is 5.34. The number of rotatable bonds is 6. The fourth-order valence-corrected chi connectivity index (χ4v) is 4.17. The summed E-state index contributed by atoms with van der Waals surface area (Å²) in [7, 11) is 0. The van der Waals surface area contributed by atoms with Crippen molar-refractivity contribution in [2.24, 2.45) is 10.9 Å². The summed E-state index contributed by atoms with van der Waals surface area (Å²) in [6.45, 7) is 7.90. The Kier molecular flexibility index (Phi) is 6.92. The average molecular weight is 419 g/mol. The molecule has 2 atom stereocenters. The number of nitrogens with one attached hydrogen (secondary N) is 1. The van der Waals surface area contributed by atoms with E-state index in [1.54, 1.807) is 6.20 Å². The lowest BCUT2D eigenvalue weighted by molar-refractivity contribution is 0.234. The predicted octanol–water partition coefficient (Wildman–Crippen LogP) is 3.77. The van der Waals surface area contributed by atoms with Crippen LogP contribution < -0.4 is 5.32 Å². The molecule has 0 radical (unpaired) electrons. The number of aromatic nitrogens is 3. The number of hydrogen-bond acceptors (Lipinski definition) is 5. The van der Waals surface area contributed by atoms with Gasteiger partial charge in [-0.25, -0.2) is 0 Å². The Labute approximate surface area is 183 Å². The molecule has 1 aliphatic heterocycles. The van der Waals surface area contributed by atoms with Gasteiger partial charge in [0.25, 0.3) is 5.89 Å². The number of hydrogen-bond donors (Lipinski definition) is 1. The van der Waals surface area contributed by atoms with Gasteiger partial charge in [0.05, 0.1) is 0 Å². The van der Waals surface area contributed by atoms with Gasteiger partial charge in [0, 0.05) is 38.8 Å². The first-order chi connectivity index (χ1) is 15.2. The quantitative estimate of drug-likeness (QED) is 0.485. The first-order valence-electron chi connectivity index (χ1n) is 11.1. The lowest BCUT2D eigenvalue weighted by Gasteiger charge is -2.39. The molecule has 0 aliphatic carbocycles. The number of likely N-dealkylation sites (tertiary alicyclic amines) is 1. The number of pyridine rings is 1. The molecule has 2 unspecified atom stereocenters. The Morgan fingerprint density at radius 2 is 2.03 bits per heavy atom. The van der Waals surface area contributed by atoms with Crippen molar-refractivity contribution in [2.75, 3.05) is 26.2 Å². The van der Waals surface area contributed by atoms with E-state index >= 15 is 0 Å². The van der Waals surface area contributed by atoms with E-state index in [4.69, 9.17) is 9.52 Å². The van der Waals surface area contributed by atoms with E-state index in [9.17, 15) is 0 Å². The zero-order valence-electron chi connectivity index (χ0n) is 18.2. The van der Waals surface area contributed by atoms with Gasteiger partial charge in [0.1, 0.15) is 5.69 Å². The van der Waals surface area contributed by atoms with Crippen LogP contribution in [0.2, 0.25) is 0 Å².